The molecular formula is C6H6NSY-. The molecule has 0 aliphatic heterocycles. The fourth-order valence-electron chi connectivity index (χ4n) is 0.442. The van der Waals surface area contributed by atoms with Gasteiger partial charge in [-0.1, -0.05) is 18.4 Å². The molecule has 1 nitrogen and oxygen atoms in total. The van der Waals surface area contributed by atoms with Crippen LogP contribution in [-0.2, 0) is 32.7 Å². The maximum atomic E-state index is 4.76. The normalized spacial score (nSPS) is 8.11. The van der Waals surface area contributed by atoms with Crippen molar-refractivity contribution in [2.24, 2.45) is 0 Å². The van der Waals surface area contributed by atoms with Crippen molar-refractivity contribution in [3.63, 3.8) is 0 Å². The Bertz CT molecular complexity index is 210. The van der Waals surface area contributed by atoms with Crippen molar-refractivity contribution in [2.75, 3.05) is 0 Å². The molecule has 1 heterocycles. The molecule has 0 saturated heterocycles. The van der Waals surface area contributed by atoms with Gasteiger partial charge < -0.3 is 4.98 Å². The Labute approximate surface area is 84.8 Å². The molecule has 3 heteroatoms. The third kappa shape index (κ3) is 3.24. The average molecular weight is 213 g/mol. The number of aromatic nitrogens is 1. The first-order valence-electron chi connectivity index (χ1n) is 2.36. The van der Waals surface area contributed by atoms with Crippen molar-refractivity contribution in [3.8, 4) is 0 Å². The van der Waals surface area contributed by atoms with Crippen molar-refractivity contribution in [3.05, 3.63) is 28.5 Å². The summed E-state index contributed by atoms with van der Waals surface area (Å²) in [5.41, 5.74) is 1.15. The van der Waals surface area contributed by atoms with Crippen molar-refractivity contribution in [1.82, 2.24) is 4.98 Å². The Hall–Kier alpha value is 0.474. The summed E-state index contributed by atoms with van der Waals surface area (Å²) in [7, 11) is 0. The number of pyridine rings is 1. The second-order valence-corrected chi connectivity index (χ2v) is 2.06. The first-order chi connectivity index (χ1) is 3.79. The van der Waals surface area contributed by atoms with E-state index >= 15 is 0 Å². The van der Waals surface area contributed by atoms with Crippen LogP contribution in [-0.4, -0.2) is 4.98 Å². The van der Waals surface area contributed by atoms with Gasteiger partial charge in [-0.15, -0.1) is 6.92 Å². The van der Waals surface area contributed by atoms with Crippen LogP contribution in [0, 0.1) is 17.6 Å². The van der Waals surface area contributed by atoms with E-state index < -0.39 is 0 Å². The largest absolute Gasteiger partial charge is 0.385 e. The SMILES string of the molecule is Cc1c[c-]c(=S)[nH]c1.[Y]. The standard InChI is InChI=1S/C6H6NS.Y/c1-5-2-3-6(8)7-4-5;/h2,4H,1H3,(H,7,8);/q-1;. The minimum absolute atomic E-state index is 0. The van der Waals surface area contributed by atoms with Crippen LogP contribution in [0.4, 0.5) is 0 Å². The number of aromatic amines is 1. The fraction of sp³-hybridized carbons (Fsp3) is 0.167. The number of hydrogen-bond acceptors (Lipinski definition) is 1. The predicted octanol–water partition coefficient (Wildman–Crippen LogP) is 1.85. The smallest absolute Gasteiger partial charge is 0.00871 e. The van der Waals surface area contributed by atoms with Gasteiger partial charge in [0.1, 0.15) is 0 Å². The molecule has 1 aromatic heterocycles. The minimum Gasteiger partial charge on any atom is -0.385 e. The molecule has 0 bridgehead atoms. The summed E-state index contributed by atoms with van der Waals surface area (Å²) in [6.07, 6.45) is 1.86. The summed E-state index contributed by atoms with van der Waals surface area (Å²) in [6, 6.07) is 4.72. The maximum absolute atomic E-state index is 4.76. The quantitative estimate of drug-likeness (QED) is 0.513. The number of rotatable bonds is 0. The predicted molar refractivity (Wildman–Crippen MR) is 35.2 cm³/mol. The van der Waals surface area contributed by atoms with Gasteiger partial charge in [0.15, 0.2) is 0 Å². The van der Waals surface area contributed by atoms with Gasteiger partial charge in [0, 0.05) is 37.3 Å². The molecule has 9 heavy (non-hydrogen) atoms. The zero-order valence-electron chi connectivity index (χ0n) is 5.14. The molecule has 0 aromatic carbocycles. The number of hydrogen-bond donors (Lipinski definition) is 1. The zero-order valence-corrected chi connectivity index (χ0v) is 8.80. The van der Waals surface area contributed by atoms with E-state index in [1.165, 1.54) is 0 Å². The summed E-state index contributed by atoms with van der Waals surface area (Å²) in [4.78, 5) is 2.86. The molecule has 45 valence electrons. The zero-order chi connectivity index (χ0) is 5.98. The molecule has 0 unspecified atom stereocenters. The monoisotopic (exact) mass is 213 g/mol. The van der Waals surface area contributed by atoms with E-state index in [9.17, 15) is 0 Å². The third-order valence-electron chi connectivity index (χ3n) is 0.862. The van der Waals surface area contributed by atoms with E-state index in [1.807, 2.05) is 19.2 Å². The van der Waals surface area contributed by atoms with E-state index in [2.05, 4.69) is 11.1 Å². The Morgan fingerprint density at radius 3 is 2.67 bits per heavy atom. The van der Waals surface area contributed by atoms with E-state index in [4.69, 9.17) is 12.2 Å². The maximum Gasteiger partial charge on any atom is 0.00871 e. The van der Waals surface area contributed by atoms with Crippen LogP contribution in [0.2, 0.25) is 0 Å². The van der Waals surface area contributed by atoms with Crippen molar-refractivity contribution < 1.29 is 32.7 Å². The van der Waals surface area contributed by atoms with Gasteiger partial charge in [-0.05, 0) is 0 Å². The molecular weight excluding hydrogens is 207 g/mol. The van der Waals surface area contributed by atoms with E-state index in [-0.39, 0.29) is 32.7 Å². The molecule has 0 amide bonds. The number of nitrogens with one attached hydrogen (secondary N) is 1. The van der Waals surface area contributed by atoms with Gasteiger partial charge in [0.05, 0.1) is 0 Å². The molecule has 0 aliphatic carbocycles. The van der Waals surface area contributed by atoms with Crippen molar-refractivity contribution in [1.29, 1.82) is 0 Å². The van der Waals surface area contributed by atoms with E-state index in [1.54, 1.807) is 0 Å². The average Bonchev–Trinajstić information content (AvgIpc) is 1.77. The van der Waals surface area contributed by atoms with Crippen LogP contribution >= 0.6 is 12.2 Å². The van der Waals surface area contributed by atoms with Crippen LogP contribution in [0.3, 0.4) is 0 Å². The summed E-state index contributed by atoms with van der Waals surface area (Å²) in [5.74, 6) is 0. The molecule has 0 fully saturated rings. The molecule has 0 saturated carbocycles. The molecule has 1 N–H and O–H groups in total. The first kappa shape index (κ1) is 9.47. The van der Waals surface area contributed by atoms with Gasteiger partial charge in [-0.25, -0.2) is 12.1 Å². The second kappa shape index (κ2) is 4.31. The van der Waals surface area contributed by atoms with Gasteiger partial charge in [-0.3, -0.25) is 0 Å². The molecule has 1 radical (unpaired) electrons. The van der Waals surface area contributed by atoms with Gasteiger partial charge in [0.2, 0.25) is 0 Å². The Kier molecular flexibility index (Phi) is 4.54. The number of aryl methyl sites for hydroxylation is 1. The Morgan fingerprint density at radius 2 is 2.33 bits per heavy atom. The van der Waals surface area contributed by atoms with E-state index in [0.717, 1.165) is 5.56 Å². The Balaban J connectivity index is 0.000000640. The summed E-state index contributed by atoms with van der Waals surface area (Å²) in [6.45, 7) is 1.99. The first-order valence-corrected chi connectivity index (χ1v) is 2.77. The molecule has 0 aliphatic rings. The van der Waals surface area contributed by atoms with Gasteiger partial charge in [0.25, 0.3) is 0 Å². The van der Waals surface area contributed by atoms with Crippen LogP contribution in [0.5, 0.6) is 0 Å². The van der Waals surface area contributed by atoms with Crippen molar-refractivity contribution >= 4 is 12.2 Å². The third-order valence-corrected chi connectivity index (χ3v) is 1.10. The van der Waals surface area contributed by atoms with Gasteiger partial charge >= 0.3 is 0 Å². The Morgan fingerprint density at radius 1 is 1.67 bits per heavy atom. The molecule has 1 rings (SSSR count). The van der Waals surface area contributed by atoms with E-state index in [0.29, 0.717) is 4.64 Å². The van der Waals surface area contributed by atoms with Gasteiger partial charge in [-0.2, -0.15) is 5.56 Å². The van der Waals surface area contributed by atoms with Crippen LogP contribution in [0.15, 0.2) is 12.3 Å². The van der Waals surface area contributed by atoms with Crippen molar-refractivity contribution in [2.45, 2.75) is 6.92 Å². The van der Waals surface area contributed by atoms with Crippen LogP contribution < -0.4 is 0 Å². The fourth-order valence-corrected chi connectivity index (χ4v) is 0.560. The molecule has 1 aromatic rings. The summed E-state index contributed by atoms with van der Waals surface area (Å²) >= 11 is 4.76. The number of H-pyrrole nitrogens is 1. The topological polar surface area (TPSA) is 15.8 Å². The summed E-state index contributed by atoms with van der Waals surface area (Å²) in [5, 5.41) is 0. The molecule has 0 spiro atoms. The van der Waals surface area contributed by atoms with Crippen LogP contribution in [0.1, 0.15) is 5.56 Å². The van der Waals surface area contributed by atoms with Crippen LogP contribution in [0.25, 0.3) is 0 Å². The minimum atomic E-state index is 0. The molecule has 0 atom stereocenters. The summed E-state index contributed by atoms with van der Waals surface area (Å²) < 4.78 is 0.663. The second-order valence-electron chi connectivity index (χ2n) is 1.65.